The van der Waals surface area contributed by atoms with E-state index in [1.165, 1.54) is 37.0 Å². The van der Waals surface area contributed by atoms with Crippen molar-refractivity contribution in [3.8, 4) is 0 Å². The predicted octanol–water partition coefficient (Wildman–Crippen LogP) is 4.24. The summed E-state index contributed by atoms with van der Waals surface area (Å²) in [7, 11) is 0. The first kappa shape index (κ1) is 11.7. The van der Waals surface area contributed by atoms with Gasteiger partial charge in [-0.15, -0.1) is 0 Å². The zero-order valence-electron chi connectivity index (χ0n) is 9.25. The minimum atomic E-state index is 0.717. The lowest BCUT2D eigenvalue weighted by molar-refractivity contribution is 0.555. The van der Waals surface area contributed by atoms with E-state index in [4.69, 9.17) is 0 Å². The van der Waals surface area contributed by atoms with Gasteiger partial charge in [-0.1, -0.05) is 51.3 Å². The molecule has 80 valence electrons. The third-order valence-corrected chi connectivity index (χ3v) is 3.63. The summed E-state index contributed by atoms with van der Waals surface area (Å²) in [4.78, 5) is 1.48. The van der Waals surface area contributed by atoms with E-state index in [-0.39, 0.29) is 0 Å². The molecule has 1 atom stereocenters. The quantitative estimate of drug-likeness (QED) is 0.659. The highest BCUT2D eigenvalue weighted by Crippen LogP contribution is 2.29. The average Bonchev–Trinajstić information content (AvgIpc) is 2.25. The molecule has 14 heavy (non-hydrogen) atoms. The van der Waals surface area contributed by atoms with E-state index < -0.39 is 0 Å². The van der Waals surface area contributed by atoms with Crippen LogP contribution in [0, 0.1) is 5.92 Å². The molecule has 0 spiro atoms. The van der Waals surface area contributed by atoms with Crippen molar-refractivity contribution in [3.63, 3.8) is 0 Å². The minimum Gasteiger partial charge on any atom is -0.366 e. The van der Waals surface area contributed by atoms with E-state index in [1.54, 1.807) is 0 Å². The number of unbranched alkanes of at least 4 members (excludes halogenated alkanes) is 3. The number of rotatable bonds is 6. The summed E-state index contributed by atoms with van der Waals surface area (Å²) in [5.41, 5.74) is 0. The minimum absolute atomic E-state index is 0.717. The fourth-order valence-electron chi connectivity index (χ4n) is 1.59. The van der Waals surface area contributed by atoms with E-state index >= 15 is 0 Å². The Morgan fingerprint density at radius 2 is 2.21 bits per heavy atom. The van der Waals surface area contributed by atoms with E-state index in [1.807, 2.05) is 18.0 Å². The summed E-state index contributed by atoms with van der Waals surface area (Å²) < 4.78 is 0. The van der Waals surface area contributed by atoms with Crippen LogP contribution in [0.4, 0.5) is 0 Å². The van der Waals surface area contributed by atoms with Crippen LogP contribution in [0.25, 0.3) is 0 Å². The van der Waals surface area contributed by atoms with Gasteiger partial charge >= 0.3 is 0 Å². The molecular weight excluding hydrogens is 190 g/mol. The second kappa shape index (κ2) is 6.99. The molecule has 1 rings (SSSR count). The zero-order valence-corrected chi connectivity index (χ0v) is 10.1. The third kappa shape index (κ3) is 4.23. The van der Waals surface area contributed by atoms with E-state index in [9.17, 15) is 0 Å². The summed E-state index contributed by atoms with van der Waals surface area (Å²) in [5, 5.41) is 5.28. The maximum absolute atomic E-state index is 3.15. The molecule has 1 aliphatic rings. The average molecular weight is 211 g/mol. The van der Waals surface area contributed by atoms with Crippen molar-refractivity contribution in [3.05, 3.63) is 22.7 Å². The van der Waals surface area contributed by atoms with Crippen molar-refractivity contribution >= 4 is 11.8 Å². The van der Waals surface area contributed by atoms with Gasteiger partial charge in [0.15, 0.2) is 0 Å². The predicted molar refractivity (Wildman–Crippen MR) is 65.9 cm³/mol. The van der Waals surface area contributed by atoms with Crippen molar-refractivity contribution in [2.45, 2.75) is 46.0 Å². The van der Waals surface area contributed by atoms with Crippen LogP contribution in [0.2, 0.25) is 0 Å². The third-order valence-electron chi connectivity index (χ3n) is 2.57. The van der Waals surface area contributed by atoms with Gasteiger partial charge in [0, 0.05) is 17.3 Å². The second-order valence-electron chi connectivity index (χ2n) is 3.88. The Morgan fingerprint density at radius 3 is 2.86 bits per heavy atom. The molecule has 0 radical (unpaired) electrons. The zero-order chi connectivity index (χ0) is 10.2. The highest BCUT2D eigenvalue weighted by atomic mass is 32.2. The molecule has 2 heteroatoms. The van der Waals surface area contributed by atoms with Gasteiger partial charge in [-0.05, 0) is 17.7 Å². The lowest BCUT2D eigenvalue weighted by Gasteiger charge is -2.16. The molecule has 0 aromatic heterocycles. The van der Waals surface area contributed by atoms with Gasteiger partial charge < -0.3 is 5.32 Å². The second-order valence-corrected chi connectivity index (χ2v) is 4.86. The number of thioether (sulfide) groups is 1. The fourth-order valence-corrected chi connectivity index (χ4v) is 2.38. The first-order chi connectivity index (χ1) is 6.84. The molecule has 0 amide bonds. The van der Waals surface area contributed by atoms with Crippen LogP contribution in [0.1, 0.15) is 46.0 Å². The summed E-state index contributed by atoms with van der Waals surface area (Å²) >= 11 is 1.85. The maximum Gasteiger partial charge on any atom is 0.0107 e. The SMILES string of the molecule is CCCCCCC(C)C1=CNC=CS1. The fraction of sp³-hybridized carbons (Fsp3) is 0.667. The molecule has 1 N–H and O–H groups in total. The summed E-state index contributed by atoms with van der Waals surface area (Å²) in [6.07, 6.45) is 10.9. The van der Waals surface area contributed by atoms with Crippen LogP contribution in [-0.4, -0.2) is 0 Å². The van der Waals surface area contributed by atoms with Crippen molar-refractivity contribution in [1.82, 2.24) is 5.32 Å². The molecule has 0 saturated carbocycles. The first-order valence-corrected chi connectivity index (χ1v) is 6.50. The van der Waals surface area contributed by atoms with Gasteiger partial charge in [0.2, 0.25) is 0 Å². The summed E-state index contributed by atoms with van der Waals surface area (Å²) in [6, 6.07) is 0. The molecule has 0 bridgehead atoms. The summed E-state index contributed by atoms with van der Waals surface area (Å²) in [5.74, 6) is 0.717. The van der Waals surface area contributed by atoms with Crippen LogP contribution < -0.4 is 5.32 Å². The lowest BCUT2D eigenvalue weighted by atomic mass is 10.0. The van der Waals surface area contributed by atoms with Gasteiger partial charge in [-0.25, -0.2) is 0 Å². The van der Waals surface area contributed by atoms with Crippen molar-refractivity contribution < 1.29 is 0 Å². The highest BCUT2D eigenvalue weighted by molar-refractivity contribution is 8.05. The van der Waals surface area contributed by atoms with Crippen molar-refractivity contribution in [2.24, 2.45) is 5.92 Å². The van der Waals surface area contributed by atoms with E-state index in [2.05, 4.69) is 30.8 Å². The van der Waals surface area contributed by atoms with Gasteiger partial charge in [0.1, 0.15) is 0 Å². The van der Waals surface area contributed by atoms with Crippen molar-refractivity contribution in [2.75, 3.05) is 0 Å². The molecule has 1 heterocycles. The molecule has 1 nitrogen and oxygen atoms in total. The number of nitrogens with one attached hydrogen (secondary N) is 1. The Morgan fingerprint density at radius 1 is 1.36 bits per heavy atom. The number of allylic oxidation sites excluding steroid dienone is 1. The molecule has 1 aliphatic heterocycles. The van der Waals surface area contributed by atoms with Crippen LogP contribution in [0.3, 0.4) is 0 Å². The van der Waals surface area contributed by atoms with Crippen LogP contribution in [0.15, 0.2) is 22.7 Å². The standard InChI is InChI=1S/C12H21NS/c1-3-4-5-6-7-11(2)12-10-13-8-9-14-12/h8-11,13H,3-7H2,1-2H3. The number of hydrogen-bond donors (Lipinski definition) is 1. The maximum atomic E-state index is 3.15. The lowest BCUT2D eigenvalue weighted by Crippen LogP contribution is -2.04. The van der Waals surface area contributed by atoms with Crippen LogP contribution in [-0.2, 0) is 0 Å². The number of hydrogen-bond acceptors (Lipinski definition) is 2. The highest BCUT2D eigenvalue weighted by Gasteiger charge is 2.09. The Kier molecular flexibility index (Phi) is 5.85. The van der Waals surface area contributed by atoms with Gasteiger partial charge in [-0.2, -0.15) is 0 Å². The van der Waals surface area contributed by atoms with Gasteiger partial charge in [-0.3, -0.25) is 0 Å². The monoisotopic (exact) mass is 211 g/mol. The van der Waals surface area contributed by atoms with E-state index in [0.717, 1.165) is 0 Å². The van der Waals surface area contributed by atoms with Crippen LogP contribution >= 0.6 is 11.8 Å². The smallest absolute Gasteiger partial charge is 0.0107 e. The molecule has 0 fully saturated rings. The Balaban J connectivity index is 2.14. The van der Waals surface area contributed by atoms with Crippen LogP contribution in [0.5, 0.6) is 0 Å². The Hall–Kier alpha value is -0.370. The largest absolute Gasteiger partial charge is 0.366 e. The molecule has 0 aromatic carbocycles. The molecular formula is C12H21NS. The Bertz CT molecular complexity index is 208. The van der Waals surface area contributed by atoms with Gasteiger partial charge in [0.05, 0.1) is 0 Å². The van der Waals surface area contributed by atoms with Crippen molar-refractivity contribution in [1.29, 1.82) is 0 Å². The molecule has 1 unspecified atom stereocenters. The molecule has 0 aromatic rings. The normalized spacial score (nSPS) is 17.4. The Labute approximate surface area is 92.0 Å². The molecule has 0 aliphatic carbocycles. The topological polar surface area (TPSA) is 12.0 Å². The van der Waals surface area contributed by atoms with E-state index in [0.29, 0.717) is 5.92 Å². The molecule has 0 saturated heterocycles. The summed E-state index contributed by atoms with van der Waals surface area (Å²) in [6.45, 7) is 4.59. The first-order valence-electron chi connectivity index (χ1n) is 5.62. The van der Waals surface area contributed by atoms with Gasteiger partial charge in [0.25, 0.3) is 0 Å².